The molecule has 0 bridgehead atoms. The summed E-state index contributed by atoms with van der Waals surface area (Å²) in [6.45, 7) is 10.2. The number of amides is 1. The fourth-order valence-corrected chi connectivity index (χ4v) is 7.74. The number of unbranched alkanes of at least 4 members (excludes halogenated alkanes) is 1. The van der Waals surface area contributed by atoms with Gasteiger partial charge < -0.3 is 35.7 Å². The second-order valence-corrected chi connectivity index (χ2v) is 14.1. The normalized spacial score (nSPS) is 18.0. The summed E-state index contributed by atoms with van der Waals surface area (Å²) in [6, 6.07) is 12.9. The van der Waals surface area contributed by atoms with E-state index < -0.39 is 5.97 Å². The first-order valence-corrected chi connectivity index (χ1v) is 18.6. The van der Waals surface area contributed by atoms with Gasteiger partial charge in [-0.25, -0.2) is 9.67 Å². The number of hydrogen-bond donors (Lipinski definition) is 3. The third-order valence-corrected chi connectivity index (χ3v) is 10.4. The Morgan fingerprint density at radius 3 is 2.57 bits per heavy atom. The molecular weight excluding hydrogens is 644 g/mol. The number of likely N-dealkylation sites (tertiary alicyclic amines) is 1. The zero-order valence-electron chi connectivity index (χ0n) is 30.6. The van der Waals surface area contributed by atoms with Gasteiger partial charge in [-0.3, -0.25) is 9.59 Å². The van der Waals surface area contributed by atoms with Crippen molar-refractivity contribution in [1.82, 2.24) is 24.6 Å². The molecule has 0 aliphatic carbocycles. The van der Waals surface area contributed by atoms with Crippen molar-refractivity contribution in [2.24, 2.45) is 11.7 Å². The fraction of sp³-hybridized carbons (Fsp3) is 0.564. The minimum Gasteiger partial charge on any atom is -0.481 e. The van der Waals surface area contributed by atoms with Crippen LogP contribution >= 0.6 is 0 Å². The first-order chi connectivity index (χ1) is 24.7. The highest BCUT2D eigenvalue weighted by atomic mass is 16.4. The molecule has 2 aromatic heterocycles. The van der Waals surface area contributed by atoms with Crippen LogP contribution in [0.25, 0.3) is 5.69 Å². The average Bonchev–Trinajstić information content (AvgIpc) is 3.75. The van der Waals surface area contributed by atoms with Crippen LogP contribution in [0.2, 0.25) is 0 Å². The summed E-state index contributed by atoms with van der Waals surface area (Å²) in [7, 11) is 1.50. The van der Waals surface area contributed by atoms with Gasteiger partial charge in [0.25, 0.3) is 0 Å². The number of aryl methyl sites for hydroxylation is 4. The number of rotatable bonds is 14. The maximum atomic E-state index is 12.7. The van der Waals surface area contributed by atoms with E-state index in [1.807, 2.05) is 23.4 Å². The van der Waals surface area contributed by atoms with Crippen LogP contribution in [0.15, 0.2) is 36.4 Å². The first kappa shape index (κ1) is 38.0. The van der Waals surface area contributed by atoms with E-state index >= 15 is 0 Å². The standard InChI is InChI=1S/C38H51N7O4.CH5N/c1-27-20-28(2)45(41-27)35-22-31(21-34(24-35)43-15-17-44(18-16-43)36(47)7-3-4-19-46)32(23-37(48)49)26-42-14-12-29(25-42)8-10-33-11-9-30-6-5-13-39-38(30)40-33;1-2/h9,11,19-22,24,29,32H,3-8,10,12-18,23,25-26H2,1-2H3,(H,39,40)(H,48,49);2H2,1H3. The van der Waals surface area contributed by atoms with Crippen molar-refractivity contribution in [2.45, 2.75) is 77.6 Å². The van der Waals surface area contributed by atoms with Crippen molar-refractivity contribution < 1.29 is 19.5 Å². The summed E-state index contributed by atoms with van der Waals surface area (Å²) < 4.78 is 1.95. The highest BCUT2D eigenvalue weighted by Crippen LogP contribution is 2.32. The highest BCUT2D eigenvalue weighted by Gasteiger charge is 2.28. The molecule has 6 rings (SSSR count). The Morgan fingerprint density at radius 2 is 1.84 bits per heavy atom. The minimum absolute atomic E-state index is 0.0519. The zero-order chi connectivity index (χ0) is 36.3. The molecule has 1 aromatic carbocycles. The lowest BCUT2D eigenvalue weighted by atomic mass is 9.93. The minimum atomic E-state index is -0.799. The lowest BCUT2D eigenvalue weighted by Crippen LogP contribution is -2.48. The summed E-state index contributed by atoms with van der Waals surface area (Å²) in [6.07, 6.45) is 7.71. The third kappa shape index (κ3) is 10.2. The number of nitrogens with one attached hydrogen (secondary N) is 1. The maximum absolute atomic E-state index is 12.7. The van der Waals surface area contributed by atoms with Gasteiger partial charge in [-0.05, 0) is 113 Å². The third-order valence-electron chi connectivity index (χ3n) is 10.4. The summed E-state index contributed by atoms with van der Waals surface area (Å²) >= 11 is 0. The number of aliphatic carboxylic acids is 1. The molecule has 2 unspecified atom stereocenters. The topological polar surface area (TPSA) is 150 Å². The van der Waals surface area contributed by atoms with E-state index in [1.54, 1.807) is 0 Å². The van der Waals surface area contributed by atoms with Gasteiger partial charge >= 0.3 is 5.97 Å². The van der Waals surface area contributed by atoms with Crippen LogP contribution in [0.3, 0.4) is 0 Å². The van der Waals surface area contributed by atoms with Gasteiger partial charge in [0, 0.05) is 81.6 Å². The molecule has 3 aliphatic heterocycles. The maximum Gasteiger partial charge on any atom is 0.304 e. The number of carbonyl (C=O) groups excluding carboxylic acids is 2. The van der Waals surface area contributed by atoms with E-state index in [-0.39, 0.29) is 18.2 Å². The van der Waals surface area contributed by atoms with Crippen molar-refractivity contribution in [3.8, 4) is 5.69 Å². The molecule has 2 fully saturated rings. The van der Waals surface area contributed by atoms with E-state index in [0.29, 0.717) is 57.9 Å². The number of nitrogens with zero attached hydrogens (tertiary/aromatic N) is 6. The Morgan fingerprint density at radius 1 is 1.06 bits per heavy atom. The number of carboxylic acids is 1. The summed E-state index contributed by atoms with van der Waals surface area (Å²) in [5.41, 5.74) is 11.9. The van der Waals surface area contributed by atoms with Gasteiger partial charge in [0.05, 0.1) is 17.8 Å². The molecule has 12 nitrogen and oxygen atoms in total. The molecule has 0 saturated carbocycles. The SMILES string of the molecule is CN.Cc1cc(C)n(-c2cc(C(CC(=O)O)CN3CCC(CCc4ccc5c(n4)NCCC5)C3)cc(N3CCN(C(=O)CCCC=O)CC3)c2)n1. The van der Waals surface area contributed by atoms with Crippen LogP contribution in [-0.2, 0) is 27.2 Å². The molecule has 276 valence electrons. The summed E-state index contributed by atoms with van der Waals surface area (Å²) in [4.78, 5) is 47.2. The van der Waals surface area contributed by atoms with Gasteiger partial charge in [0.15, 0.2) is 0 Å². The number of aromatic nitrogens is 3. The lowest BCUT2D eigenvalue weighted by Gasteiger charge is -2.37. The molecule has 12 heteroatoms. The van der Waals surface area contributed by atoms with E-state index in [1.165, 1.54) is 12.6 Å². The van der Waals surface area contributed by atoms with Crippen molar-refractivity contribution in [3.63, 3.8) is 0 Å². The molecule has 1 amide bonds. The molecule has 0 radical (unpaired) electrons. The number of carbonyl (C=O) groups is 3. The first-order valence-electron chi connectivity index (χ1n) is 18.6. The number of carboxylic acid groups (broad SMARTS) is 1. The number of hydrogen-bond acceptors (Lipinski definition) is 9. The monoisotopic (exact) mass is 700 g/mol. The predicted octanol–water partition coefficient (Wildman–Crippen LogP) is 4.35. The van der Waals surface area contributed by atoms with E-state index in [4.69, 9.17) is 10.1 Å². The van der Waals surface area contributed by atoms with Gasteiger partial charge in [-0.1, -0.05) is 6.07 Å². The molecule has 3 aromatic rings. The molecule has 5 heterocycles. The Hall–Kier alpha value is -4.29. The van der Waals surface area contributed by atoms with Crippen molar-refractivity contribution in [2.75, 3.05) is 69.6 Å². The molecule has 0 spiro atoms. The largest absolute Gasteiger partial charge is 0.481 e. The molecule has 3 aliphatic rings. The van der Waals surface area contributed by atoms with Crippen molar-refractivity contribution in [1.29, 1.82) is 0 Å². The molecular formula is C39H56N8O4. The van der Waals surface area contributed by atoms with E-state index in [2.05, 4.69) is 57.2 Å². The highest BCUT2D eigenvalue weighted by molar-refractivity contribution is 5.77. The molecule has 2 atom stereocenters. The van der Waals surface area contributed by atoms with Crippen molar-refractivity contribution in [3.05, 3.63) is 64.6 Å². The second-order valence-electron chi connectivity index (χ2n) is 14.1. The summed E-state index contributed by atoms with van der Waals surface area (Å²) in [5, 5.41) is 18.3. The molecule has 2 saturated heterocycles. The fourth-order valence-electron chi connectivity index (χ4n) is 7.74. The summed E-state index contributed by atoms with van der Waals surface area (Å²) in [5.74, 6) is 0.732. The van der Waals surface area contributed by atoms with E-state index in [9.17, 15) is 19.5 Å². The number of piperazine rings is 1. The van der Waals surface area contributed by atoms with Crippen molar-refractivity contribution >= 4 is 29.7 Å². The van der Waals surface area contributed by atoms with Gasteiger partial charge in [-0.15, -0.1) is 0 Å². The number of fused-ring (bicyclic) bond motifs is 1. The van der Waals surface area contributed by atoms with Crippen LogP contribution < -0.4 is 16.0 Å². The average molecular weight is 701 g/mol. The molecule has 51 heavy (non-hydrogen) atoms. The van der Waals surface area contributed by atoms with E-state index in [0.717, 1.165) is 97.9 Å². The zero-order valence-corrected chi connectivity index (χ0v) is 30.6. The Labute approximate surface area is 302 Å². The predicted molar refractivity (Wildman–Crippen MR) is 201 cm³/mol. The van der Waals surface area contributed by atoms with Gasteiger partial charge in [0.1, 0.15) is 12.1 Å². The van der Waals surface area contributed by atoms with Crippen LogP contribution in [0, 0.1) is 19.8 Å². The molecule has 4 N–H and O–H groups in total. The van der Waals surface area contributed by atoms with Gasteiger partial charge in [-0.2, -0.15) is 5.10 Å². The Bertz CT molecular complexity index is 1630. The van der Waals surface area contributed by atoms with Crippen LogP contribution in [0.1, 0.15) is 79.1 Å². The Balaban J connectivity index is 0.00000248. The number of benzene rings is 1. The number of anilines is 2. The van der Waals surface area contributed by atoms with Gasteiger partial charge in [0.2, 0.25) is 5.91 Å². The Kier molecular flexibility index (Phi) is 13.6. The quantitative estimate of drug-likeness (QED) is 0.164. The van der Waals surface area contributed by atoms with Crippen LogP contribution in [0.4, 0.5) is 11.5 Å². The van der Waals surface area contributed by atoms with Crippen LogP contribution in [0.5, 0.6) is 0 Å². The lowest BCUT2D eigenvalue weighted by molar-refractivity contribution is -0.137. The second kappa shape index (κ2) is 18.3. The smallest absolute Gasteiger partial charge is 0.304 e. The number of pyridine rings is 1. The number of aldehydes is 1. The van der Waals surface area contributed by atoms with Crippen LogP contribution in [-0.4, -0.2) is 107 Å². The number of nitrogens with two attached hydrogens (primary N) is 1.